The fourth-order valence-corrected chi connectivity index (χ4v) is 3.20. The maximum absolute atomic E-state index is 12.6. The third-order valence-electron chi connectivity index (χ3n) is 4.71. The van der Waals surface area contributed by atoms with E-state index >= 15 is 0 Å². The zero-order valence-electron chi connectivity index (χ0n) is 13.6. The van der Waals surface area contributed by atoms with Gasteiger partial charge in [-0.1, -0.05) is 24.3 Å². The first-order chi connectivity index (χ1) is 11.5. The SMILES string of the molecule is CN1C(=O)C(C)(c2cccc(-c3ccc4[nH]ccc4c3)c2)N=C1N. The third-order valence-corrected chi connectivity index (χ3v) is 4.71. The van der Waals surface area contributed by atoms with Crippen molar-refractivity contribution in [1.29, 1.82) is 0 Å². The van der Waals surface area contributed by atoms with Gasteiger partial charge in [-0.15, -0.1) is 0 Å². The number of rotatable bonds is 2. The Labute approximate surface area is 139 Å². The summed E-state index contributed by atoms with van der Waals surface area (Å²) in [7, 11) is 1.65. The second-order valence-corrected chi connectivity index (χ2v) is 6.27. The minimum absolute atomic E-state index is 0.113. The van der Waals surface area contributed by atoms with Crippen LogP contribution in [0.4, 0.5) is 0 Å². The van der Waals surface area contributed by atoms with E-state index in [0.29, 0.717) is 0 Å². The molecule has 0 aliphatic carbocycles. The van der Waals surface area contributed by atoms with Crippen molar-refractivity contribution in [2.75, 3.05) is 7.05 Å². The molecule has 1 aliphatic heterocycles. The van der Waals surface area contributed by atoms with E-state index in [1.54, 1.807) is 14.0 Å². The monoisotopic (exact) mass is 318 g/mol. The summed E-state index contributed by atoms with van der Waals surface area (Å²) in [4.78, 5) is 21.5. The summed E-state index contributed by atoms with van der Waals surface area (Å²) >= 11 is 0. The van der Waals surface area contributed by atoms with Crippen molar-refractivity contribution in [3.05, 3.63) is 60.3 Å². The van der Waals surface area contributed by atoms with Gasteiger partial charge in [0.1, 0.15) is 0 Å². The summed E-state index contributed by atoms with van der Waals surface area (Å²) in [5.74, 6) is 0.139. The number of benzene rings is 2. The van der Waals surface area contributed by atoms with E-state index in [4.69, 9.17) is 5.73 Å². The standard InChI is InChI=1S/C19H18N4O/c1-19(17(24)23(2)18(20)22-19)15-5-3-4-12(11-15)13-6-7-16-14(10-13)8-9-21-16/h3-11,21H,1-2H3,(H2,20,22). The number of hydrogen-bond donors (Lipinski definition) is 2. The lowest BCUT2D eigenvalue weighted by molar-refractivity contribution is -0.130. The number of H-pyrrole nitrogens is 1. The number of guanidine groups is 1. The number of fused-ring (bicyclic) bond motifs is 1. The zero-order chi connectivity index (χ0) is 16.9. The summed E-state index contributed by atoms with van der Waals surface area (Å²) in [6, 6.07) is 16.2. The topological polar surface area (TPSA) is 74.5 Å². The molecule has 2 heterocycles. The lowest BCUT2D eigenvalue weighted by Gasteiger charge is -2.21. The number of aliphatic imine (C=N–C) groups is 1. The summed E-state index contributed by atoms with van der Waals surface area (Å²) in [5, 5.41) is 1.16. The van der Waals surface area contributed by atoms with E-state index in [0.717, 1.165) is 27.6 Å². The van der Waals surface area contributed by atoms with Crippen LogP contribution in [0.5, 0.6) is 0 Å². The highest BCUT2D eigenvalue weighted by atomic mass is 16.2. The largest absolute Gasteiger partial charge is 0.369 e. The van der Waals surface area contributed by atoms with Crippen LogP contribution in [0, 0.1) is 0 Å². The molecule has 24 heavy (non-hydrogen) atoms. The average Bonchev–Trinajstić information content (AvgIpc) is 3.14. The number of nitrogens with zero attached hydrogens (tertiary/aromatic N) is 2. The Morgan fingerprint density at radius 3 is 2.67 bits per heavy atom. The maximum atomic E-state index is 12.6. The minimum Gasteiger partial charge on any atom is -0.369 e. The molecule has 3 N–H and O–H groups in total. The molecule has 1 aliphatic rings. The third kappa shape index (κ3) is 2.01. The van der Waals surface area contributed by atoms with Gasteiger partial charge in [-0.25, -0.2) is 4.99 Å². The number of nitrogens with two attached hydrogens (primary N) is 1. The zero-order valence-corrected chi connectivity index (χ0v) is 13.6. The highest BCUT2D eigenvalue weighted by Gasteiger charge is 2.43. The molecular formula is C19H18N4O. The van der Waals surface area contributed by atoms with Gasteiger partial charge in [0.15, 0.2) is 11.5 Å². The lowest BCUT2D eigenvalue weighted by Crippen LogP contribution is -2.38. The normalized spacial score (nSPS) is 20.7. The van der Waals surface area contributed by atoms with Gasteiger partial charge in [0.2, 0.25) is 0 Å². The van der Waals surface area contributed by atoms with Gasteiger partial charge < -0.3 is 10.7 Å². The summed E-state index contributed by atoms with van der Waals surface area (Å²) in [6.45, 7) is 1.81. The van der Waals surface area contributed by atoms with E-state index in [1.165, 1.54) is 4.90 Å². The molecule has 1 atom stereocenters. The first-order valence-corrected chi connectivity index (χ1v) is 7.80. The molecule has 120 valence electrons. The van der Waals surface area contributed by atoms with Crippen LogP contribution in [-0.4, -0.2) is 28.8 Å². The van der Waals surface area contributed by atoms with Gasteiger partial charge in [0, 0.05) is 18.8 Å². The maximum Gasteiger partial charge on any atom is 0.261 e. The van der Waals surface area contributed by atoms with Crippen LogP contribution >= 0.6 is 0 Å². The van der Waals surface area contributed by atoms with E-state index in [1.807, 2.05) is 36.5 Å². The number of nitrogens with one attached hydrogen (secondary N) is 1. The van der Waals surface area contributed by atoms with Gasteiger partial charge in [-0.3, -0.25) is 9.69 Å². The number of amides is 1. The van der Waals surface area contributed by atoms with Crippen LogP contribution in [0.15, 0.2) is 59.7 Å². The molecule has 0 bridgehead atoms. The van der Waals surface area contributed by atoms with Crippen LogP contribution in [0.2, 0.25) is 0 Å². The number of carbonyl (C=O) groups is 1. The van der Waals surface area contributed by atoms with Gasteiger partial charge >= 0.3 is 0 Å². The van der Waals surface area contributed by atoms with E-state index < -0.39 is 5.54 Å². The van der Waals surface area contributed by atoms with Crippen LogP contribution in [0.25, 0.3) is 22.0 Å². The Bertz CT molecular complexity index is 988. The van der Waals surface area contributed by atoms with E-state index in [-0.39, 0.29) is 11.9 Å². The number of aromatic nitrogens is 1. The Morgan fingerprint density at radius 1 is 1.12 bits per heavy atom. The highest BCUT2D eigenvalue weighted by molar-refractivity contribution is 6.06. The molecule has 0 spiro atoms. The summed E-state index contributed by atoms with van der Waals surface area (Å²) in [6.07, 6.45) is 1.93. The molecule has 4 rings (SSSR count). The molecule has 2 aromatic carbocycles. The Kier molecular flexibility index (Phi) is 3.00. The van der Waals surface area contributed by atoms with Crippen molar-refractivity contribution < 1.29 is 4.79 Å². The fourth-order valence-electron chi connectivity index (χ4n) is 3.20. The molecule has 0 radical (unpaired) electrons. The van der Waals surface area contributed by atoms with Gasteiger partial charge in [-0.05, 0) is 53.3 Å². The van der Waals surface area contributed by atoms with Gasteiger partial charge in [0.25, 0.3) is 5.91 Å². The molecule has 0 fully saturated rings. The molecule has 0 saturated carbocycles. The smallest absolute Gasteiger partial charge is 0.261 e. The molecule has 3 aromatic rings. The van der Waals surface area contributed by atoms with Crippen molar-refractivity contribution in [2.45, 2.75) is 12.5 Å². The number of carbonyl (C=O) groups excluding carboxylic acids is 1. The molecule has 5 nitrogen and oxygen atoms in total. The molecule has 0 saturated heterocycles. The number of hydrogen-bond acceptors (Lipinski definition) is 3. The number of likely N-dealkylation sites (N-methyl/N-ethyl adjacent to an activating group) is 1. The Morgan fingerprint density at radius 2 is 1.92 bits per heavy atom. The Hall–Kier alpha value is -3.08. The first-order valence-electron chi connectivity index (χ1n) is 7.80. The average molecular weight is 318 g/mol. The molecule has 1 unspecified atom stereocenters. The van der Waals surface area contributed by atoms with E-state index in [9.17, 15) is 4.79 Å². The van der Waals surface area contributed by atoms with E-state index in [2.05, 4.69) is 28.2 Å². The van der Waals surface area contributed by atoms with Gasteiger partial charge in [-0.2, -0.15) is 0 Å². The molecule has 1 amide bonds. The molecule has 5 heteroatoms. The quantitative estimate of drug-likeness (QED) is 0.762. The lowest BCUT2D eigenvalue weighted by atomic mass is 9.89. The number of aromatic amines is 1. The molecule has 1 aromatic heterocycles. The predicted molar refractivity (Wildman–Crippen MR) is 95.5 cm³/mol. The van der Waals surface area contributed by atoms with Crippen molar-refractivity contribution in [3.8, 4) is 11.1 Å². The van der Waals surface area contributed by atoms with Crippen LogP contribution in [0.1, 0.15) is 12.5 Å². The fraction of sp³-hybridized carbons (Fsp3) is 0.158. The van der Waals surface area contributed by atoms with Crippen molar-refractivity contribution in [2.24, 2.45) is 10.7 Å². The van der Waals surface area contributed by atoms with Crippen LogP contribution in [-0.2, 0) is 10.3 Å². The van der Waals surface area contributed by atoms with Crippen molar-refractivity contribution >= 4 is 22.8 Å². The minimum atomic E-state index is -0.965. The molecular weight excluding hydrogens is 300 g/mol. The van der Waals surface area contributed by atoms with Gasteiger partial charge in [0.05, 0.1) is 0 Å². The Balaban J connectivity index is 1.81. The highest BCUT2D eigenvalue weighted by Crippen LogP contribution is 2.34. The van der Waals surface area contributed by atoms with Crippen molar-refractivity contribution in [3.63, 3.8) is 0 Å². The van der Waals surface area contributed by atoms with Crippen LogP contribution < -0.4 is 5.73 Å². The summed E-state index contributed by atoms with van der Waals surface area (Å²) < 4.78 is 0. The van der Waals surface area contributed by atoms with Crippen molar-refractivity contribution in [1.82, 2.24) is 9.88 Å². The summed E-state index contributed by atoms with van der Waals surface area (Å²) in [5.41, 5.74) is 8.96. The predicted octanol–water partition coefficient (Wildman–Crippen LogP) is 2.84. The second kappa shape index (κ2) is 4.96. The second-order valence-electron chi connectivity index (χ2n) is 6.27. The van der Waals surface area contributed by atoms with Crippen LogP contribution in [0.3, 0.4) is 0 Å². The first kappa shape index (κ1) is 14.5.